The first-order valence-corrected chi connectivity index (χ1v) is 10.6. The Balaban J connectivity index is 1.57. The third kappa shape index (κ3) is 4.37. The molecular formula is C23H28N8O2. The molecule has 0 unspecified atom stereocenters. The highest BCUT2D eigenvalue weighted by atomic mass is 16.5. The number of hydrogen-bond donors (Lipinski definition) is 4. The van der Waals surface area contributed by atoms with Crippen LogP contribution in [0.4, 0.5) is 17.3 Å². The summed E-state index contributed by atoms with van der Waals surface area (Å²) in [6.07, 6.45) is 1.24. The minimum Gasteiger partial charge on any atom is -0.496 e. The lowest BCUT2D eigenvalue weighted by molar-refractivity contribution is 0.0855. The summed E-state index contributed by atoms with van der Waals surface area (Å²) in [4.78, 5) is 19.4. The van der Waals surface area contributed by atoms with Crippen molar-refractivity contribution in [2.75, 3.05) is 38.3 Å². The Bertz CT molecular complexity index is 1210. The smallest absolute Gasteiger partial charge is 0.255 e. The van der Waals surface area contributed by atoms with Gasteiger partial charge in [-0.1, -0.05) is 6.07 Å². The second-order valence-electron chi connectivity index (χ2n) is 8.20. The molecule has 0 bridgehead atoms. The van der Waals surface area contributed by atoms with Crippen molar-refractivity contribution in [2.45, 2.75) is 13.0 Å². The van der Waals surface area contributed by atoms with Crippen molar-refractivity contribution < 1.29 is 9.53 Å². The maximum absolute atomic E-state index is 12.7. The van der Waals surface area contributed by atoms with Gasteiger partial charge in [-0.25, -0.2) is 4.68 Å². The predicted molar refractivity (Wildman–Crippen MR) is 129 cm³/mol. The minimum absolute atomic E-state index is 0.155. The van der Waals surface area contributed by atoms with Crippen molar-refractivity contribution in [3.8, 4) is 17.1 Å². The zero-order chi connectivity index (χ0) is 23.7. The van der Waals surface area contributed by atoms with Gasteiger partial charge in [-0.2, -0.15) is 4.98 Å². The van der Waals surface area contributed by atoms with E-state index in [0.29, 0.717) is 34.3 Å². The normalized spacial score (nSPS) is 13.9. The molecule has 1 aliphatic rings. The maximum atomic E-state index is 12.7. The number of ether oxygens (including phenoxy) is 1. The highest BCUT2D eigenvalue weighted by Crippen LogP contribution is 2.29. The first-order chi connectivity index (χ1) is 15.8. The van der Waals surface area contributed by atoms with Crippen molar-refractivity contribution in [1.29, 1.82) is 5.41 Å². The molecule has 1 saturated heterocycles. The molecule has 5 N–H and O–H groups in total. The number of carbonyl (C=O) groups excluding carboxylic acids is 1. The number of nitrogen functional groups attached to an aromatic ring is 1. The van der Waals surface area contributed by atoms with Crippen LogP contribution in [0.5, 0.6) is 5.75 Å². The fourth-order valence-electron chi connectivity index (χ4n) is 3.88. The van der Waals surface area contributed by atoms with Crippen LogP contribution < -0.4 is 21.1 Å². The third-order valence-electron chi connectivity index (χ3n) is 5.81. The lowest BCUT2D eigenvalue weighted by Gasteiger charge is -2.36. The van der Waals surface area contributed by atoms with Crippen LogP contribution in [0.1, 0.15) is 21.5 Å². The fraction of sp³-hybridized carbons (Fsp3) is 0.304. The Morgan fingerprint density at radius 3 is 2.70 bits per heavy atom. The number of nitrogens with zero attached hydrogens (tertiary/aromatic N) is 4. The van der Waals surface area contributed by atoms with E-state index < -0.39 is 0 Å². The number of anilines is 3. The summed E-state index contributed by atoms with van der Waals surface area (Å²) < 4.78 is 7.12. The van der Waals surface area contributed by atoms with E-state index in [1.807, 2.05) is 26.1 Å². The fourth-order valence-corrected chi connectivity index (χ4v) is 3.88. The van der Waals surface area contributed by atoms with Crippen LogP contribution in [0.3, 0.4) is 0 Å². The van der Waals surface area contributed by atoms with E-state index in [1.54, 1.807) is 29.9 Å². The molecule has 1 amide bonds. The largest absolute Gasteiger partial charge is 0.496 e. The predicted octanol–water partition coefficient (Wildman–Crippen LogP) is 2.17. The molecule has 4 rings (SSSR count). The average Bonchev–Trinajstić information content (AvgIpc) is 3.14. The van der Waals surface area contributed by atoms with Gasteiger partial charge in [0.25, 0.3) is 5.91 Å². The van der Waals surface area contributed by atoms with Crippen LogP contribution in [-0.2, 0) is 7.05 Å². The Hall–Kier alpha value is -3.92. The first kappa shape index (κ1) is 22.3. The van der Waals surface area contributed by atoms with Crippen LogP contribution in [0.25, 0.3) is 11.4 Å². The number of aryl methyl sites for hydroxylation is 1. The molecule has 1 fully saturated rings. The van der Waals surface area contributed by atoms with Gasteiger partial charge in [0.2, 0.25) is 5.95 Å². The number of nitrogens with one attached hydrogen (secondary N) is 3. The van der Waals surface area contributed by atoms with Crippen molar-refractivity contribution in [3.63, 3.8) is 0 Å². The number of amides is 1. The second kappa shape index (κ2) is 8.91. The number of nitrogens with two attached hydrogens (primary N) is 1. The summed E-state index contributed by atoms with van der Waals surface area (Å²) in [6, 6.07) is 9.07. The molecule has 3 aromatic rings. The number of aromatic nitrogens is 3. The second-order valence-corrected chi connectivity index (χ2v) is 8.20. The number of likely N-dealkylation sites (tertiary alicyclic amines) is 1. The third-order valence-corrected chi connectivity index (χ3v) is 5.81. The Morgan fingerprint density at radius 1 is 1.27 bits per heavy atom. The molecule has 33 heavy (non-hydrogen) atoms. The molecule has 0 aliphatic carbocycles. The average molecular weight is 449 g/mol. The van der Waals surface area contributed by atoms with Crippen molar-refractivity contribution >= 4 is 29.4 Å². The molecule has 2 heterocycles. The summed E-state index contributed by atoms with van der Waals surface area (Å²) in [7, 11) is 5.34. The van der Waals surface area contributed by atoms with Gasteiger partial charge in [-0.3, -0.25) is 4.79 Å². The van der Waals surface area contributed by atoms with Crippen molar-refractivity contribution in [3.05, 3.63) is 47.0 Å². The molecule has 1 aliphatic heterocycles. The lowest BCUT2D eigenvalue weighted by atomic mass is 10.1. The van der Waals surface area contributed by atoms with Crippen LogP contribution >= 0.6 is 0 Å². The summed E-state index contributed by atoms with van der Waals surface area (Å²) in [6.45, 7) is 3.58. The summed E-state index contributed by atoms with van der Waals surface area (Å²) in [5.41, 5.74) is 10.0. The molecule has 0 atom stereocenters. The van der Waals surface area contributed by atoms with Gasteiger partial charge in [0.15, 0.2) is 5.82 Å². The van der Waals surface area contributed by atoms with Crippen molar-refractivity contribution in [2.24, 2.45) is 7.05 Å². The van der Waals surface area contributed by atoms with Crippen LogP contribution in [0.2, 0.25) is 0 Å². The molecule has 0 saturated carbocycles. The zero-order valence-corrected chi connectivity index (χ0v) is 19.1. The van der Waals surface area contributed by atoms with E-state index in [9.17, 15) is 4.79 Å². The number of rotatable bonds is 7. The molecule has 0 radical (unpaired) electrons. The van der Waals surface area contributed by atoms with Gasteiger partial charge >= 0.3 is 0 Å². The summed E-state index contributed by atoms with van der Waals surface area (Å²) in [5.74, 6) is 1.33. The van der Waals surface area contributed by atoms with E-state index in [-0.39, 0.29) is 11.9 Å². The van der Waals surface area contributed by atoms with Gasteiger partial charge in [0.1, 0.15) is 5.75 Å². The van der Waals surface area contributed by atoms with E-state index in [4.69, 9.17) is 15.9 Å². The summed E-state index contributed by atoms with van der Waals surface area (Å²) >= 11 is 0. The topological polar surface area (TPSA) is 134 Å². The van der Waals surface area contributed by atoms with Gasteiger partial charge in [0.05, 0.1) is 18.7 Å². The van der Waals surface area contributed by atoms with Gasteiger partial charge in [0, 0.05) is 48.9 Å². The zero-order valence-electron chi connectivity index (χ0n) is 19.1. The maximum Gasteiger partial charge on any atom is 0.255 e. The molecule has 172 valence electrons. The molecule has 10 heteroatoms. The molecule has 2 aromatic carbocycles. The Labute approximate surface area is 192 Å². The number of carbonyl (C=O) groups is 1. The summed E-state index contributed by atoms with van der Waals surface area (Å²) in [5, 5.41) is 18.4. The van der Waals surface area contributed by atoms with E-state index in [1.165, 1.54) is 13.3 Å². The molecule has 0 spiro atoms. The Morgan fingerprint density at radius 2 is 2.03 bits per heavy atom. The van der Waals surface area contributed by atoms with Crippen LogP contribution in [-0.4, -0.2) is 65.1 Å². The molecular weight excluding hydrogens is 420 g/mol. The van der Waals surface area contributed by atoms with Crippen LogP contribution in [0.15, 0.2) is 30.3 Å². The minimum atomic E-state index is -0.159. The number of likely N-dealkylation sites (N-methyl/N-ethyl adjacent to an activating group) is 1. The lowest BCUT2D eigenvalue weighted by Crippen LogP contribution is -2.57. The van der Waals surface area contributed by atoms with E-state index >= 15 is 0 Å². The number of hydrogen-bond acceptors (Lipinski definition) is 8. The monoisotopic (exact) mass is 448 g/mol. The van der Waals surface area contributed by atoms with Gasteiger partial charge in [-0.15, -0.1) is 5.10 Å². The first-order valence-electron chi connectivity index (χ1n) is 10.6. The number of methoxy groups -OCH3 is 1. The van der Waals surface area contributed by atoms with Gasteiger partial charge in [-0.05, 0) is 43.8 Å². The highest BCUT2D eigenvalue weighted by molar-refractivity contribution is 5.98. The van der Waals surface area contributed by atoms with E-state index in [0.717, 1.165) is 29.9 Å². The quantitative estimate of drug-likeness (QED) is 0.321. The standard InChI is InChI=1S/C23H28N8O2/c1-13-17(10-24)18(25)7-8-19(13)27-23-28-21(29-31(23)3)14-5-6-16(20(9-14)33-4)22(32)26-15-11-30(2)12-15/h5-10,15,24H,11-12,25H2,1-4H3,(H,26,32)(H,27,28,29). The van der Waals surface area contributed by atoms with Crippen molar-refractivity contribution in [1.82, 2.24) is 25.0 Å². The van der Waals surface area contributed by atoms with Gasteiger partial charge < -0.3 is 31.4 Å². The van der Waals surface area contributed by atoms with E-state index in [2.05, 4.69) is 25.6 Å². The molecule has 1 aromatic heterocycles. The van der Waals surface area contributed by atoms with Crippen LogP contribution in [0, 0.1) is 12.3 Å². The highest BCUT2D eigenvalue weighted by Gasteiger charge is 2.26. The molecule has 10 nitrogen and oxygen atoms in total. The SMILES string of the molecule is COc1cc(-c2nc(Nc3ccc(N)c(C=N)c3C)n(C)n2)ccc1C(=O)NC1CN(C)C1. The number of benzene rings is 2. The Kier molecular flexibility index (Phi) is 6.01.